The largest absolute Gasteiger partial charge is 0.370 e. The van der Waals surface area contributed by atoms with Gasteiger partial charge in [0.05, 0.1) is 0 Å². The molecule has 1 aromatic rings. The monoisotopic (exact) mass is 391 g/mol. The summed E-state index contributed by atoms with van der Waals surface area (Å²) in [6.07, 6.45) is 12.2. The molecule has 1 aliphatic carbocycles. The van der Waals surface area contributed by atoms with Crippen molar-refractivity contribution in [2.75, 3.05) is 6.54 Å². The zero-order chi connectivity index (χ0) is 16.5. The number of nitrogens with zero attached hydrogens (tertiary/aromatic N) is 2. The van der Waals surface area contributed by atoms with Crippen molar-refractivity contribution in [3.8, 4) is 0 Å². The number of rotatable bonds is 7. The smallest absolute Gasteiger partial charge is 0.226 e. The van der Waals surface area contributed by atoms with Crippen LogP contribution in [0.5, 0.6) is 0 Å². The van der Waals surface area contributed by atoms with Gasteiger partial charge in [-0.15, -0.1) is 24.8 Å². The summed E-state index contributed by atoms with van der Waals surface area (Å²) in [6.45, 7) is 2.76. The first-order valence-electron chi connectivity index (χ1n) is 8.73. The molecule has 1 aliphatic rings. The molecule has 1 saturated carbocycles. The molecular weight excluding hydrogens is 361 g/mol. The second-order valence-corrected chi connectivity index (χ2v) is 6.53. The Morgan fingerprint density at radius 2 is 2.12 bits per heavy atom. The minimum absolute atomic E-state index is 0. The predicted molar refractivity (Wildman–Crippen MR) is 106 cm³/mol. The number of guanidine groups is 1. The van der Waals surface area contributed by atoms with E-state index in [2.05, 4.69) is 27.2 Å². The summed E-state index contributed by atoms with van der Waals surface area (Å²) in [4.78, 5) is 23.4. The summed E-state index contributed by atoms with van der Waals surface area (Å²) in [5, 5.41) is 2.71. The molecule has 0 aromatic carbocycles. The van der Waals surface area contributed by atoms with E-state index >= 15 is 0 Å². The highest BCUT2D eigenvalue weighted by Crippen LogP contribution is 2.31. The molecule has 1 atom stereocenters. The lowest BCUT2D eigenvalue weighted by molar-refractivity contribution is -0.121. The van der Waals surface area contributed by atoms with E-state index in [1.807, 2.05) is 0 Å². The lowest BCUT2D eigenvalue weighted by Gasteiger charge is -2.27. The Morgan fingerprint density at radius 1 is 1.40 bits per heavy atom. The van der Waals surface area contributed by atoms with Gasteiger partial charge in [0.15, 0.2) is 5.96 Å². The van der Waals surface area contributed by atoms with E-state index in [-0.39, 0.29) is 36.7 Å². The van der Waals surface area contributed by atoms with Crippen LogP contribution in [0.15, 0.2) is 17.4 Å². The number of nitrogens with one attached hydrogen (secondary N) is 2. The number of aromatic amines is 1. The summed E-state index contributed by atoms with van der Waals surface area (Å²) < 4.78 is 0. The van der Waals surface area contributed by atoms with Crippen molar-refractivity contribution >= 4 is 36.7 Å². The van der Waals surface area contributed by atoms with Crippen LogP contribution in [-0.2, 0) is 11.2 Å². The van der Waals surface area contributed by atoms with Crippen LogP contribution in [0, 0.1) is 11.8 Å². The molecule has 4 N–H and O–H groups in total. The van der Waals surface area contributed by atoms with Gasteiger partial charge in [0, 0.05) is 31.8 Å². The quantitative estimate of drug-likeness (QED) is 0.378. The fraction of sp³-hybridized carbons (Fsp3) is 0.706. The number of halogens is 2. The Kier molecular flexibility index (Phi) is 12.3. The molecule has 0 aliphatic heterocycles. The van der Waals surface area contributed by atoms with Gasteiger partial charge in [-0.25, -0.2) is 4.98 Å². The normalized spacial score (nSPS) is 16.4. The van der Waals surface area contributed by atoms with Gasteiger partial charge < -0.3 is 10.7 Å². The van der Waals surface area contributed by atoms with E-state index in [4.69, 9.17) is 5.73 Å². The van der Waals surface area contributed by atoms with Gasteiger partial charge in [0.2, 0.25) is 5.91 Å². The highest BCUT2D eigenvalue weighted by molar-refractivity contribution is 5.96. The van der Waals surface area contributed by atoms with Crippen LogP contribution in [0.1, 0.15) is 57.7 Å². The van der Waals surface area contributed by atoms with E-state index in [9.17, 15) is 4.79 Å². The molecule has 1 unspecified atom stereocenters. The molecule has 0 saturated heterocycles. The van der Waals surface area contributed by atoms with Crippen LogP contribution in [0.4, 0.5) is 0 Å². The topological polar surface area (TPSA) is 96.2 Å². The van der Waals surface area contributed by atoms with E-state index in [0.717, 1.165) is 18.7 Å². The Bertz CT molecular complexity index is 501. The molecular formula is C17H31Cl2N5O. The van der Waals surface area contributed by atoms with E-state index < -0.39 is 0 Å². The van der Waals surface area contributed by atoms with Crippen molar-refractivity contribution in [3.63, 3.8) is 0 Å². The van der Waals surface area contributed by atoms with Gasteiger partial charge >= 0.3 is 0 Å². The number of hydrogen-bond donors (Lipinski definition) is 3. The van der Waals surface area contributed by atoms with Crippen LogP contribution in [-0.4, -0.2) is 28.4 Å². The van der Waals surface area contributed by atoms with Crippen molar-refractivity contribution in [2.24, 2.45) is 22.6 Å². The molecule has 1 amide bonds. The highest BCUT2D eigenvalue weighted by Gasteiger charge is 2.22. The molecule has 144 valence electrons. The van der Waals surface area contributed by atoms with Crippen LogP contribution in [0.25, 0.3) is 0 Å². The Morgan fingerprint density at radius 3 is 2.76 bits per heavy atom. The first-order chi connectivity index (χ1) is 11.1. The van der Waals surface area contributed by atoms with Crippen LogP contribution in [0.3, 0.4) is 0 Å². The number of aryl methyl sites for hydroxylation is 1. The van der Waals surface area contributed by atoms with Crippen LogP contribution >= 0.6 is 24.8 Å². The summed E-state index contributed by atoms with van der Waals surface area (Å²) in [5.41, 5.74) is 5.78. The number of imidazole rings is 1. The van der Waals surface area contributed by atoms with E-state index in [0.29, 0.717) is 24.8 Å². The third-order valence-electron chi connectivity index (χ3n) is 4.64. The first kappa shape index (κ1) is 23.7. The van der Waals surface area contributed by atoms with Gasteiger partial charge in [-0.1, -0.05) is 39.0 Å². The SMILES string of the molecule is CC(CC(=O)NC(N)=NCCCc1ncc[nH]1)C1CCCCC1.Cl.Cl. The molecule has 8 heteroatoms. The van der Waals surface area contributed by atoms with Gasteiger partial charge in [-0.05, 0) is 18.3 Å². The number of hydrogen-bond acceptors (Lipinski definition) is 3. The Hall–Kier alpha value is -1.27. The maximum absolute atomic E-state index is 12.0. The molecule has 0 spiro atoms. The molecule has 2 rings (SSSR count). The lowest BCUT2D eigenvalue weighted by atomic mass is 9.79. The van der Waals surface area contributed by atoms with Crippen LogP contribution in [0.2, 0.25) is 0 Å². The summed E-state index contributed by atoms with van der Waals surface area (Å²) in [7, 11) is 0. The number of carbonyl (C=O) groups excluding carboxylic acids is 1. The maximum Gasteiger partial charge on any atom is 0.226 e. The lowest BCUT2D eigenvalue weighted by Crippen LogP contribution is -2.38. The van der Waals surface area contributed by atoms with Crippen molar-refractivity contribution < 1.29 is 4.79 Å². The number of aliphatic imine (C=N–C) groups is 1. The summed E-state index contributed by atoms with van der Waals surface area (Å²) in [5.74, 6) is 2.26. The van der Waals surface area contributed by atoms with Crippen molar-refractivity contribution in [1.82, 2.24) is 15.3 Å². The molecule has 1 heterocycles. The Labute approximate surface area is 162 Å². The molecule has 6 nitrogen and oxygen atoms in total. The highest BCUT2D eigenvalue weighted by atomic mass is 35.5. The first-order valence-corrected chi connectivity index (χ1v) is 8.73. The minimum atomic E-state index is -0.0182. The predicted octanol–water partition coefficient (Wildman–Crippen LogP) is 3.22. The molecule has 1 aromatic heterocycles. The second kappa shape index (κ2) is 13.0. The van der Waals surface area contributed by atoms with Gasteiger partial charge in [0.1, 0.15) is 5.82 Å². The summed E-state index contributed by atoms with van der Waals surface area (Å²) in [6, 6.07) is 0. The Balaban J connectivity index is 0.00000288. The molecule has 0 radical (unpaired) electrons. The second-order valence-electron chi connectivity index (χ2n) is 6.53. The van der Waals surface area contributed by atoms with Gasteiger partial charge in [-0.3, -0.25) is 15.1 Å². The zero-order valence-electron chi connectivity index (χ0n) is 14.9. The standard InChI is InChI=1S/C17H29N5O.2ClH/c1-13(14-6-3-2-4-7-14)12-16(23)22-17(18)21-9-5-8-15-19-10-11-20-15;;/h10-11,13-14H,2-9,12H2,1H3,(H,19,20)(H3,18,21,22,23);2*1H. The van der Waals surface area contributed by atoms with Gasteiger partial charge in [-0.2, -0.15) is 0 Å². The minimum Gasteiger partial charge on any atom is -0.370 e. The van der Waals surface area contributed by atoms with Gasteiger partial charge in [0.25, 0.3) is 0 Å². The van der Waals surface area contributed by atoms with E-state index in [1.54, 1.807) is 12.4 Å². The molecule has 25 heavy (non-hydrogen) atoms. The van der Waals surface area contributed by atoms with Crippen LogP contribution < -0.4 is 11.1 Å². The average molecular weight is 392 g/mol. The maximum atomic E-state index is 12.0. The number of H-pyrrole nitrogens is 1. The fourth-order valence-electron chi connectivity index (χ4n) is 3.28. The van der Waals surface area contributed by atoms with Crippen molar-refractivity contribution in [2.45, 2.75) is 58.3 Å². The average Bonchev–Trinajstić information content (AvgIpc) is 3.05. The summed E-state index contributed by atoms with van der Waals surface area (Å²) >= 11 is 0. The fourth-order valence-corrected chi connectivity index (χ4v) is 3.28. The molecule has 1 fully saturated rings. The number of carbonyl (C=O) groups is 1. The van der Waals surface area contributed by atoms with Crippen molar-refractivity contribution in [1.29, 1.82) is 0 Å². The number of aromatic nitrogens is 2. The van der Waals surface area contributed by atoms with Crippen molar-refractivity contribution in [3.05, 3.63) is 18.2 Å². The number of nitrogens with two attached hydrogens (primary N) is 1. The molecule has 0 bridgehead atoms. The third-order valence-corrected chi connectivity index (χ3v) is 4.64. The zero-order valence-corrected chi connectivity index (χ0v) is 16.5. The third kappa shape index (κ3) is 9.12. The number of amides is 1. The van der Waals surface area contributed by atoms with E-state index in [1.165, 1.54) is 32.1 Å².